The molecular formula is C25H27OP. The van der Waals surface area contributed by atoms with Crippen LogP contribution in [0.2, 0.25) is 0 Å². The zero-order valence-electron chi connectivity index (χ0n) is 15.7. The predicted octanol–water partition coefficient (Wildman–Crippen LogP) is 4.66. The van der Waals surface area contributed by atoms with Crippen molar-refractivity contribution in [3.8, 4) is 0 Å². The third kappa shape index (κ3) is 2.60. The predicted molar refractivity (Wildman–Crippen MR) is 118 cm³/mol. The molecule has 1 aliphatic rings. The van der Waals surface area contributed by atoms with E-state index in [0.717, 1.165) is 0 Å². The molecule has 3 aromatic carbocycles. The molecule has 0 atom stereocenters. The van der Waals surface area contributed by atoms with Crippen LogP contribution >= 0.6 is 6.60 Å². The van der Waals surface area contributed by atoms with Crippen molar-refractivity contribution in [1.29, 1.82) is 0 Å². The van der Waals surface area contributed by atoms with Crippen LogP contribution in [0.5, 0.6) is 0 Å². The van der Waals surface area contributed by atoms with Gasteiger partial charge in [-0.1, -0.05) is 0 Å². The molecule has 1 aliphatic carbocycles. The second kappa shape index (κ2) is 7.41. The van der Waals surface area contributed by atoms with Gasteiger partial charge in [-0.05, 0) is 0 Å². The fourth-order valence-electron chi connectivity index (χ4n) is 5.48. The molecule has 0 unspecified atom stereocenters. The fourth-order valence-corrected chi connectivity index (χ4v) is 12.9. The van der Waals surface area contributed by atoms with Crippen molar-refractivity contribution in [2.24, 2.45) is 0 Å². The molecule has 0 aromatic heterocycles. The van der Waals surface area contributed by atoms with Crippen LogP contribution in [0, 0.1) is 0 Å². The summed E-state index contributed by atoms with van der Waals surface area (Å²) in [7, 11) is 0. The van der Waals surface area contributed by atoms with Crippen LogP contribution in [0.4, 0.5) is 0 Å². The van der Waals surface area contributed by atoms with Crippen LogP contribution in [0.3, 0.4) is 0 Å². The van der Waals surface area contributed by atoms with E-state index in [9.17, 15) is 4.79 Å². The van der Waals surface area contributed by atoms with E-state index in [1.165, 1.54) is 47.9 Å². The Hall–Kier alpha value is -2.24. The number of hydrogen-bond acceptors (Lipinski definition) is 1. The zero-order chi connectivity index (χ0) is 18.6. The van der Waals surface area contributed by atoms with Gasteiger partial charge in [-0.2, -0.15) is 0 Å². The van der Waals surface area contributed by atoms with Gasteiger partial charge < -0.3 is 0 Å². The Balaban J connectivity index is 2.19. The number of hydrogen-bond donors (Lipinski definition) is 0. The van der Waals surface area contributed by atoms with Crippen LogP contribution in [-0.4, -0.2) is 18.1 Å². The Morgan fingerprint density at radius 1 is 0.667 bits per heavy atom. The molecule has 0 spiro atoms. The average Bonchev–Trinajstić information content (AvgIpc) is 3.30. The number of benzene rings is 3. The van der Waals surface area contributed by atoms with Gasteiger partial charge in [-0.3, -0.25) is 0 Å². The number of rotatable bonds is 6. The molecule has 3 aromatic rings. The average molecular weight is 374 g/mol. The molecule has 27 heavy (non-hydrogen) atoms. The van der Waals surface area contributed by atoms with Crippen LogP contribution in [0.15, 0.2) is 91.0 Å². The quantitative estimate of drug-likeness (QED) is 0.453. The van der Waals surface area contributed by atoms with Gasteiger partial charge in [0.2, 0.25) is 0 Å². The van der Waals surface area contributed by atoms with Crippen molar-refractivity contribution in [1.82, 2.24) is 0 Å². The molecular weight excluding hydrogens is 347 g/mol. The van der Waals surface area contributed by atoms with Gasteiger partial charge in [-0.25, -0.2) is 0 Å². The van der Waals surface area contributed by atoms with Gasteiger partial charge in [-0.15, -0.1) is 0 Å². The Morgan fingerprint density at radius 2 is 1.04 bits per heavy atom. The summed E-state index contributed by atoms with van der Waals surface area (Å²) in [6.07, 6.45) is 6.70. The van der Waals surface area contributed by atoms with E-state index in [2.05, 4.69) is 91.0 Å². The van der Waals surface area contributed by atoms with Crippen molar-refractivity contribution >= 4 is 28.8 Å². The van der Waals surface area contributed by atoms with E-state index in [4.69, 9.17) is 0 Å². The minimum absolute atomic E-state index is 0.522. The zero-order valence-corrected chi connectivity index (χ0v) is 16.6. The first-order valence-electron chi connectivity index (χ1n) is 9.94. The van der Waals surface area contributed by atoms with Crippen LogP contribution in [-0.2, 0) is 4.79 Å². The Kier molecular flexibility index (Phi) is 4.98. The van der Waals surface area contributed by atoms with Gasteiger partial charge in [0.15, 0.2) is 0 Å². The van der Waals surface area contributed by atoms with Gasteiger partial charge >= 0.3 is 162 Å². The number of carbonyl (C=O) groups is 1. The summed E-state index contributed by atoms with van der Waals surface area (Å²) in [5.74, 6) is 0. The first-order chi connectivity index (χ1) is 13.3. The van der Waals surface area contributed by atoms with Gasteiger partial charge in [0.25, 0.3) is 0 Å². The Morgan fingerprint density at radius 3 is 1.37 bits per heavy atom. The fraction of sp³-hybridized carbons (Fsp3) is 0.240. The molecule has 0 amide bonds. The van der Waals surface area contributed by atoms with Crippen LogP contribution in [0.1, 0.15) is 25.7 Å². The van der Waals surface area contributed by atoms with Crippen molar-refractivity contribution < 1.29 is 4.79 Å². The van der Waals surface area contributed by atoms with Crippen molar-refractivity contribution in [2.75, 3.05) is 6.16 Å². The van der Waals surface area contributed by atoms with E-state index in [1.807, 2.05) is 0 Å². The van der Waals surface area contributed by atoms with E-state index in [0.29, 0.717) is 11.8 Å². The molecule has 2 heteroatoms. The van der Waals surface area contributed by atoms with Crippen molar-refractivity contribution in [2.45, 2.75) is 31.3 Å². The van der Waals surface area contributed by atoms with E-state index >= 15 is 0 Å². The molecule has 0 N–H and O–H groups in total. The second-order valence-corrected chi connectivity index (χ2v) is 13.1. The normalized spacial score (nSPS) is 16.5. The Bertz CT molecular complexity index is 784. The molecule has 4 rings (SSSR count). The summed E-state index contributed by atoms with van der Waals surface area (Å²) in [5, 5.41) is 4.08. The number of carbonyl (C=O) groups excluding carboxylic acids is 1. The number of aldehydes is 1. The third-order valence-corrected chi connectivity index (χ3v) is 14.1. The molecule has 1 nitrogen and oxygen atoms in total. The SMILES string of the molecule is O=CCP(c1ccccc1)(c1ccccc1)(c1ccccc1)C1CCCC1. The Labute approximate surface area is 162 Å². The van der Waals surface area contributed by atoms with E-state index in [1.54, 1.807) is 0 Å². The van der Waals surface area contributed by atoms with Crippen molar-refractivity contribution in [3.05, 3.63) is 91.0 Å². The van der Waals surface area contributed by atoms with E-state index in [-0.39, 0.29) is 0 Å². The molecule has 0 heterocycles. The third-order valence-electron chi connectivity index (χ3n) is 6.62. The monoisotopic (exact) mass is 374 g/mol. The first-order valence-corrected chi connectivity index (χ1v) is 12.4. The minimum atomic E-state index is -2.93. The summed E-state index contributed by atoms with van der Waals surface area (Å²) in [5.41, 5.74) is 0.522. The maximum atomic E-state index is 12.3. The standard InChI is InChI=1S/C25H27OP/c26-20-21-27(25-18-10-11-19-25,22-12-4-1-5-13-22,23-14-6-2-7-15-23)24-16-8-3-9-17-24/h1-9,12-17,20,25H,10-11,18-19,21H2. The molecule has 1 fully saturated rings. The molecule has 0 bridgehead atoms. The topological polar surface area (TPSA) is 17.1 Å². The molecule has 1 saturated carbocycles. The summed E-state index contributed by atoms with van der Waals surface area (Å²) in [6, 6.07) is 32.8. The summed E-state index contributed by atoms with van der Waals surface area (Å²) in [6.45, 7) is -2.93. The molecule has 138 valence electrons. The molecule has 0 radical (unpaired) electrons. The van der Waals surface area contributed by atoms with Gasteiger partial charge in [0, 0.05) is 0 Å². The van der Waals surface area contributed by atoms with Crippen LogP contribution in [0.25, 0.3) is 0 Å². The summed E-state index contributed by atoms with van der Waals surface area (Å²) < 4.78 is 0. The van der Waals surface area contributed by atoms with Crippen LogP contribution < -0.4 is 15.9 Å². The maximum absolute atomic E-state index is 12.3. The molecule has 0 aliphatic heterocycles. The molecule has 0 saturated heterocycles. The van der Waals surface area contributed by atoms with Gasteiger partial charge in [0.05, 0.1) is 0 Å². The van der Waals surface area contributed by atoms with E-state index < -0.39 is 6.60 Å². The van der Waals surface area contributed by atoms with Crippen molar-refractivity contribution in [3.63, 3.8) is 0 Å². The summed E-state index contributed by atoms with van der Waals surface area (Å²) >= 11 is 0. The van der Waals surface area contributed by atoms with Gasteiger partial charge in [0.1, 0.15) is 0 Å². The summed E-state index contributed by atoms with van der Waals surface area (Å²) in [4.78, 5) is 12.3. The second-order valence-electron chi connectivity index (χ2n) is 7.67. The first kappa shape index (κ1) is 18.1.